The summed E-state index contributed by atoms with van der Waals surface area (Å²) in [7, 11) is -3.61. The molecule has 2 aromatic heterocycles. The molecule has 2 N–H and O–H groups in total. The van der Waals surface area contributed by atoms with Crippen molar-refractivity contribution >= 4 is 37.5 Å². The van der Waals surface area contributed by atoms with E-state index in [9.17, 15) is 13.2 Å². The fraction of sp³-hybridized carbons (Fsp3) is 0.529. The van der Waals surface area contributed by atoms with Crippen LogP contribution in [0, 0.1) is 5.92 Å². The third kappa shape index (κ3) is 3.90. The third-order valence-electron chi connectivity index (χ3n) is 5.07. The Bertz CT molecular complexity index is 917. The molecule has 0 spiro atoms. The van der Waals surface area contributed by atoms with Crippen LogP contribution in [0.1, 0.15) is 25.7 Å². The molecular formula is C17H21N3O4S2. The summed E-state index contributed by atoms with van der Waals surface area (Å²) in [5.74, 6) is -0.223. The fourth-order valence-electron chi connectivity index (χ4n) is 3.39. The lowest BCUT2D eigenvalue weighted by molar-refractivity contribution is -0.139. The van der Waals surface area contributed by atoms with Crippen LogP contribution in [0.4, 0.5) is 0 Å². The van der Waals surface area contributed by atoms with Crippen LogP contribution in [0.3, 0.4) is 0 Å². The molecule has 2 saturated carbocycles. The second-order valence-electron chi connectivity index (χ2n) is 7.18. The monoisotopic (exact) mass is 395 g/mol. The summed E-state index contributed by atoms with van der Waals surface area (Å²) in [6.45, 7) is 0.828. The zero-order valence-electron chi connectivity index (χ0n) is 14.2. The van der Waals surface area contributed by atoms with Gasteiger partial charge in [-0.3, -0.25) is 14.7 Å². The molecule has 0 unspecified atom stereocenters. The first kappa shape index (κ1) is 17.8. The van der Waals surface area contributed by atoms with Crippen molar-refractivity contribution in [1.29, 1.82) is 0 Å². The number of carboxylic acid groups (broad SMARTS) is 1. The number of aliphatic carboxylic acids is 1. The third-order valence-corrected chi connectivity index (χ3v) is 7.41. The number of pyridine rings is 1. The number of fused-ring (bicyclic) bond motifs is 1. The van der Waals surface area contributed by atoms with Crippen molar-refractivity contribution in [2.24, 2.45) is 5.92 Å². The number of nitrogens with zero attached hydrogens (tertiary/aromatic N) is 2. The zero-order chi connectivity index (χ0) is 18.3. The molecule has 4 rings (SSSR count). The highest BCUT2D eigenvalue weighted by atomic mass is 32.2. The van der Waals surface area contributed by atoms with Gasteiger partial charge in [-0.05, 0) is 49.1 Å². The van der Waals surface area contributed by atoms with Crippen LogP contribution in [0.25, 0.3) is 10.2 Å². The van der Waals surface area contributed by atoms with E-state index in [-0.39, 0.29) is 23.5 Å². The normalized spacial score (nSPS) is 23.3. The number of rotatable bonds is 8. The van der Waals surface area contributed by atoms with E-state index in [0.717, 1.165) is 29.6 Å². The molecule has 0 aliphatic heterocycles. The number of aromatic nitrogens is 1. The number of hydrogen-bond acceptors (Lipinski definition) is 6. The molecule has 0 radical (unpaired) electrons. The molecule has 0 atom stereocenters. The summed E-state index contributed by atoms with van der Waals surface area (Å²) in [5, 5.41) is 11.0. The topological polar surface area (TPSA) is 99.6 Å². The predicted octanol–water partition coefficient (Wildman–Crippen LogP) is 1.90. The molecule has 140 valence electrons. The Labute approximate surface area is 156 Å². The second-order valence-corrected chi connectivity index (χ2v) is 9.85. The Morgan fingerprint density at radius 3 is 2.85 bits per heavy atom. The molecule has 2 heterocycles. The van der Waals surface area contributed by atoms with E-state index in [1.54, 1.807) is 6.07 Å². The van der Waals surface area contributed by atoms with Gasteiger partial charge in [0.05, 0.1) is 16.8 Å². The van der Waals surface area contributed by atoms with Crippen LogP contribution >= 0.6 is 11.3 Å². The largest absolute Gasteiger partial charge is 0.480 e. The summed E-state index contributed by atoms with van der Waals surface area (Å²) in [6.07, 6.45) is 5.01. The first-order chi connectivity index (χ1) is 12.4. The Kier molecular flexibility index (Phi) is 4.72. The van der Waals surface area contributed by atoms with Crippen molar-refractivity contribution in [2.45, 2.75) is 42.7 Å². The molecule has 2 aliphatic rings. The van der Waals surface area contributed by atoms with Gasteiger partial charge in [-0.25, -0.2) is 13.1 Å². The number of sulfonamides is 1. The minimum Gasteiger partial charge on any atom is -0.480 e. The highest BCUT2D eigenvalue weighted by molar-refractivity contribution is 7.89. The fourth-order valence-corrected chi connectivity index (χ4v) is 5.48. The lowest BCUT2D eigenvalue weighted by atomic mass is 9.86. The van der Waals surface area contributed by atoms with Gasteiger partial charge in [0.2, 0.25) is 10.0 Å². The van der Waals surface area contributed by atoms with Crippen molar-refractivity contribution < 1.29 is 18.3 Å². The molecule has 0 amide bonds. The maximum atomic E-state index is 12.6. The number of nitrogens with one attached hydrogen (secondary N) is 1. The summed E-state index contributed by atoms with van der Waals surface area (Å²) < 4.78 is 28.8. The molecule has 9 heteroatoms. The molecule has 0 bridgehead atoms. The van der Waals surface area contributed by atoms with Gasteiger partial charge in [0.25, 0.3) is 0 Å². The Hall–Kier alpha value is -1.55. The molecular weight excluding hydrogens is 374 g/mol. The summed E-state index contributed by atoms with van der Waals surface area (Å²) in [5.41, 5.74) is 0.794. The SMILES string of the molecule is O=C(O)CN(CC1CC1)C1CC(NS(=O)(=O)c2cnc3ccsc3c2)C1. The molecule has 2 aromatic rings. The van der Waals surface area contributed by atoms with Gasteiger partial charge in [0.1, 0.15) is 4.90 Å². The number of thiophene rings is 1. The first-order valence-corrected chi connectivity index (χ1v) is 11.1. The van der Waals surface area contributed by atoms with Gasteiger partial charge in [-0.1, -0.05) is 0 Å². The molecule has 0 saturated heterocycles. The Balaban J connectivity index is 1.38. The highest BCUT2D eigenvalue weighted by Gasteiger charge is 2.38. The van der Waals surface area contributed by atoms with Gasteiger partial charge in [0, 0.05) is 24.8 Å². The average molecular weight is 396 g/mol. The quantitative estimate of drug-likeness (QED) is 0.708. The first-order valence-electron chi connectivity index (χ1n) is 8.72. The van der Waals surface area contributed by atoms with E-state index in [4.69, 9.17) is 5.11 Å². The predicted molar refractivity (Wildman–Crippen MR) is 98.7 cm³/mol. The van der Waals surface area contributed by atoms with E-state index in [2.05, 4.69) is 9.71 Å². The van der Waals surface area contributed by atoms with Gasteiger partial charge in [0.15, 0.2) is 0 Å². The van der Waals surface area contributed by atoms with Crippen LogP contribution in [0.15, 0.2) is 28.6 Å². The second kappa shape index (κ2) is 6.88. The van der Waals surface area contributed by atoms with E-state index in [1.807, 2.05) is 16.3 Å². The van der Waals surface area contributed by atoms with Gasteiger partial charge in [-0.15, -0.1) is 11.3 Å². The van der Waals surface area contributed by atoms with Crippen molar-refractivity contribution in [3.8, 4) is 0 Å². The van der Waals surface area contributed by atoms with Crippen LogP contribution in [-0.2, 0) is 14.8 Å². The van der Waals surface area contributed by atoms with Crippen LogP contribution < -0.4 is 4.72 Å². The minimum atomic E-state index is -3.61. The van der Waals surface area contributed by atoms with E-state index < -0.39 is 16.0 Å². The summed E-state index contributed by atoms with van der Waals surface area (Å²) >= 11 is 1.46. The molecule has 2 aliphatic carbocycles. The van der Waals surface area contributed by atoms with Gasteiger partial charge in [-0.2, -0.15) is 0 Å². The zero-order valence-corrected chi connectivity index (χ0v) is 15.8. The lowest BCUT2D eigenvalue weighted by Gasteiger charge is -2.42. The maximum Gasteiger partial charge on any atom is 0.317 e. The Morgan fingerprint density at radius 2 is 2.15 bits per heavy atom. The Morgan fingerprint density at radius 1 is 1.38 bits per heavy atom. The minimum absolute atomic E-state index is 0.0274. The number of carbonyl (C=O) groups is 1. The lowest BCUT2D eigenvalue weighted by Crippen LogP contribution is -2.55. The van der Waals surface area contributed by atoms with Crippen molar-refractivity contribution in [3.05, 3.63) is 23.7 Å². The van der Waals surface area contributed by atoms with Crippen molar-refractivity contribution in [1.82, 2.24) is 14.6 Å². The maximum absolute atomic E-state index is 12.6. The summed E-state index contributed by atoms with van der Waals surface area (Å²) in [6, 6.07) is 3.49. The van der Waals surface area contributed by atoms with Crippen LogP contribution in [0.5, 0.6) is 0 Å². The standard InChI is InChI=1S/C17H21N3O4S2/c21-17(22)10-20(9-11-1-2-11)13-5-12(6-13)19-26(23,24)14-7-16-15(18-8-14)3-4-25-16/h3-4,7-8,11-13,19H,1-2,5-6,9-10H2,(H,21,22). The number of hydrogen-bond donors (Lipinski definition) is 2. The number of carboxylic acids is 1. The van der Waals surface area contributed by atoms with Gasteiger partial charge >= 0.3 is 5.97 Å². The average Bonchev–Trinajstić information content (AvgIpc) is 3.22. The highest BCUT2D eigenvalue weighted by Crippen LogP contribution is 2.34. The molecule has 26 heavy (non-hydrogen) atoms. The van der Waals surface area contributed by atoms with Gasteiger partial charge < -0.3 is 5.11 Å². The van der Waals surface area contributed by atoms with Crippen molar-refractivity contribution in [2.75, 3.05) is 13.1 Å². The van der Waals surface area contributed by atoms with E-state index in [1.165, 1.54) is 17.5 Å². The van der Waals surface area contributed by atoms with Crippen LogP contribution in [-0.4, -0.2) is 54.6 Å². The smallest absolute Gasteiger partial charge is 0.317 e. The molecule has 0 aromatic carbocycles. The molecule has 7 nitrogen and oxygen atoms in total. The molecule has 2 fully saturated rings. The van der Waals surface area contributed by atoms with E-state index in [0.29, 0.717) is 18.8 Å². The summed E-state index contributed by atoms with van der Waals surface area (Å²) in [4.78, 5) is 17.4. The van der Waals surface area contributed by atoms with Crippen molar-refractivity contribution in [3.63, 3.8) is 0 Å². The van der Waals surface area contributed by atoms with Crippen LogP contribution in [0.2, 0.25) is 0 Å². The van der Waals surface area contributed by atoms with E-state index >= 15 is 0 Å².